The van der Waals surface area contributed by atoms with Crippen LogP contribution in [0.25, 0.3) is 5.57 Å². The molecule has 0 saturated heterocycles. The maximum absolute atomic E-state index is 11.9. The Morgan fingerprint density at radius 3 is 2.05 bits per heavy atom. The molecule has 104 valence electrons. The standard InChI is InChI=1S/C17H12O4/c18-16(21-17(19)20)15-13(11-7-3-1-4-8-11)14(15)12-9-5-2-6-10-12/h1-10,13H,(H,19,20). The molecule has 1 unspecified atom stereocenters. The molecule has 4 heteroatoms. The number of esters is 1. The van der Waals surface area contributed by atoms with E-state index in [1.165, 1.54) is 0 Å². The van der Waals surface area contributed by atoms with Gasteiger partial charge in [-0.2, -0.15) is 0 Å². The largest absolute Gasteiger partial charge is 0.513 e. The number of carbonyl (C=O) groups is 2. The van der Waals surface area contributed by atoms with Crippen LogP contribution in [0.4, 0.5) is 4.79 Å². The molecule has 1 atom stereocenters. The maximum atomic E-state index is 11.9. The van der Waals surface area contributed by atoms with Crippen LogP contribution in [0.1, 0.15) is 17.0 Å². The minimum Gasteiger partial charge on any atom is -0.449 e. The van der Waals surface area contributed by atoms with E-state index in [0.29, 0.717) is 5.57 Å². The molecule has 1 aliphatic rings. The maximum Gasteiger partial charge on any atom is 0.513 e. The Hall–Kier alpha value is -2.88. The molecule has 0 bridgehead atoms. The number of benzene rings is 2. The van der Waals surface area contributed by atoms with Gasteiger partial charge in [-0.1, -0.05) is 60.7 Å². The second-order valence-corrected chi connectivity index (χ2v) is 4.69. The van der Waals surface area contributed by atoms with E-state index in [0.717, 1.165) is 16.7 Å². The average Bonchev–Trinajstić information content (AvgIpc) is 3.24. The number of carbonyl (C=O) groups excluding carboxylic acids is 1. The molecule has 0 fully saturated rings. The molecule has 0 amide bonds. The van der Waals surface area contributed by atoms with Crippen LogP contribution in [0.15, 0.2) is 66.2 Å². The molecular weight excluding hydrogens is 268 g/mol. The summed E-state index contributed by atoms with van der Waals surface area (Å²) < 4.78 is 4.30. The predicted octanol–water partition coefficient (Wildman–Crippen LogP) is 3.46. The summed E-state index contributed by atoms with van der Waals surface area (Å²) in [6, 6.07) is 18.9. The Kier molecular flexibility index (Phi) is 3.28. The summed E-state index contributed by atoms with van der Waals surface area (Å²) in [5.74, 6) is -0.990. The molecule has 1 N–H and O–H groups in total. The molecule has 0 heterocycles. The van der Waals surface area contributed by atoms with Gasteiger partial charge in [-0.25, -0.2) is 9.59 Å². The number of ether oxygens (including phenoxy) is 1. The summed E-state index contributed by atoms with van der Waals surface area (Å²) in [6.45, 7) is 0. The van der Waals surface area contributed by atoms with Crippen molar-refractivity contribution in [2.75, 3.05) is 0 Å². The van der Waals surface area contributed by atoms with Gasteiger partial charge in [-0.15, -0.1) is 0 Å². The molecule has 0 spiro atoms. The van der Waals surface area contributed by atoms with Gasteiger partial charge < -0.3 is 9.84 Å². The van der Waals surface area contributed by atoms with Gasteiger partial charge in [0.25, 0.3) is 0 Å². The van der Waals surface area contributed by atoms with Crippen LogP contribution >= 0.6 is 0 Å². The van der Waals surface area contributed by atoms with Gasteiger partial charge in [-0.3, -0.25) is 0 Å². The summed E-state index contributed by atoms with van der Waals surface area (Å²) >= 11 is 0. The highest BCUT2D eigenvalue weighted by Crippen LogP contribution is 2.54. The van der Waals surface area contributed by atoms with Crippen molar-refractivity contribution in [3.63, 3.8) is 0 Å². The fourth-order valence-corrected chi connectivity index (χ4v) is 2.50. The Morgan fingerprint density at radius 1 is 0.905 bits per heavy atom. The topological polar surface area (TPSA) is 63.6 Å². The minimum absolute atomic E-state index is 0.194. The number of allylic oxidation sites excluding steroid dienone is 1. The average molecular weight is 280 g/mol. The van der Waals surface area contributed by atoms with Gasteiger partial charge in [0.1, 0.15) is 0 Å². The van der Waals surface area contributed by atoms with E-state index in [4.69, 9.17) is 5.11 Å². The molecule has 21 heavy (non-hydrogen) atoms. The van der Waals surface area contributed by atoms with Gasteiger partial charge in [0.15, 0.2) is 0 Å². The van der Waals surface area contributed by atoms with Crippen LogP contribution in [-0.2, 0) is 9.53 Å². The third-order valence-corrected chi connectivity index (χ3v) is 3.40. The number of rotatable bonds is 3. The third-order valence-electron chi connectivity index (χ3n) is 3.40. The second-order valence-electron chi connectivity index (χ2n) is 4.69. The van der Waals surface area contributed by atoms with E-state index in [1.807, 2.05) is 60.7 Å². The van der Waals surface area contributed by atoms with Crippen LogP contribution in [0, 0.1) is 0 Å². The lowest BCUT2D eigenvalue weighted by molar-refractivity contribution is -0.134. The van der Waals surface area contributed by atoms with Gasteiger partial charge in [0.05, 0.1) is 5.57 Å². The monoisotopic (exact) mass is 280 g/mol. The number of hydrogen-bond acceptors (Lipinski definition) is 3. The molecule has 0 saturated carbocycles. The highest BCUT2D eigenvalue weighted by atomic mass is 16.7. The molecule has 1 aliphatic carbocycles. The summed E-state index contributed by atoms with van der Waals surface area (Å²) in [6.07, 6.45) is -1.58. The van der Waals surface area contributed by atoms with Crippen LogP contribution < -0.4 is 0 Å². The molecule has 2 aromatic carbocycles. The van der Waals surface area contributed by atoms with Gasteiger partial charge in [-0.05, 0) is 16.7 Å². The lowest BCUT2D eigenvalue weighted by atomic mass is 10.0. The lowest BCUT2D eigenvalue weighted by Gasteiger charge is -2.01. The quantitative estimate of drug-likeness (QED) is 0.690. The van der Waals surface area contributed by atoms with Crippen molar-refractivity contribution in [2.24, 2.45) is 0 Å². The van der Waals surface area contributed by atoms with Crippen LogP contribution in [0.3, 0.4) is 0 Å². The third kappa shape index (κ3) is 2.56. The van der Waals surface area contributed by atoms with E-state index in [2.05, 4.69) is 4.74 Å². The molecule has 3 rings (SSSR count). The molecular formula is C17H12O4. The van der Waals surface area contributed by atoms with Crippen molar-refractivity contribution in [3.8, 4) is 0 Å². The normalized spacial score (nSPS) is 16.5. The van der Waals surface area contributed by atoms with E-state index in [-0.39, 0.29) is 5.92 Å². The fourth-order valence-electron chi connectivity index (χ4n) is 2.50. The predicted molar refractivity (Wildman–Crippen MR) is 76.7 cm³/mol. The first-order valence-corrected chi connectivity index (χ1v) is 6.48. The molecule has 0 aliphatic heterocycles. The molecule has 0 radical (unpaired) electrons. The van der Waals surface area contributed by atoms with Crippen molar-refractivity contribution in [1.82, 2.24) is 0 Å². The van der Waals surface area contributed by atoms with Crippen molar-refractivity contribution >= 4 is 17.7 Å². The Labute approximate surface area is 121 Å². The zero-order valence-corrected chi connectivity index (χ0v) is 11.0. The first kappa shape index (κ1) is 13.1. The van der Waals surface area contributed by atoms with Gasteiger partial charge in [0, 0.05) is 5.92 Å². The first-order chi connectivity index (χ1) is 10.2. The minimum atomic E-state index is -1.58. The van der Waals surface area contributed by atoms with Crippen LogP contribution in [-0.4, -0.2) is 17.2 Å². The number of hydrogen-bond donors (Lipinski definition) is 1. The zero-order valence-electron chi connectivity index (χ0n) is 11.0. The van der Waals surface area contributed by atoms with E-state index >= 15 is 0 Å². The summed E-state index contributed by atoms with van der Waals surface area (Å²) in [5, 5.41) is 8.61. The number of carboxylic acid groups (broad SMARTS) is 1. The second kappa shape index (κ2) is 5.25. The molecule has 2 aromatic rings. The fraction of sp³-hybridized carbons (Fsp3) is 0.0588. The SMILES string of the molecule is O=C(O)OC(=O)C1=C(c2ccccc2)C1c1ccccc1. The van der Waals surface area contributed by atoms with Crippen LogP contribution in [0.2, 0.25) is 0 Å². The Morgan fingerprint density at radius 2 is 1.48 bits per heavy atom. The Bertz CT molecular complexity index is 717. The van der Waals surface area contributed by atoms with Crippen LogP contribution in [0.5, 0.6) is 0 Å². The molecule has 4 nitrogen and oxygen atoms in total. The summed E-state index contributed by atoms with van der Waals surface area (Å²) in [7, 11) is 0. The summed E-state index contributed by atoms with van der Waals surface area (Å²) in [4.78, 5) is 22.5. The lowest BCUT2D eigenvalue weighted by Crippen LogP contribution is -2.09. The van der Waals surface area contributed by atoms with E-state index in [1.54, 1.807) is 0 Å². The first-order valence-electron chi connectivity index (χ1n) is 6.48. The zero-order chi connectivity index (χ0) is 14.8. The highest BCUT2D eigenvalue weighted by Gasteiger charge is 2.44. The van der Waals surface area contributed by atoms with E-state index < -0.39 is 12.1 Å². The Balaban J connectivity index is 1.96. The van der Waals surface area contributed by atoms with Gasteiger partial charge in [0.2, 0.25) is 0 Å². The van der Waals surface area contributed by atoms with Crippen molar-refractivity contribution in [3.05, 3.63) is 77.4 Å². The molecule has 0 aromatic heterocycles. The summed E-state index contributed by atoms with van der Waals surface area (Å²) in [5.41, 5.74) is 3.10. The van der Waals surface area contributed by atoms with E-state index in [9.17, 15) is 9.59 Å². The smallest absolute Gasteiger partial charge is 0.449 e. The van der Waals surface area contributed by atoms with Crippen molar-refractivity contribution < 1.29 is 19.4 Å². The van der Waals surface area contributed by atoms with Gasteiger partial charge >= 0.3 is 12.1 Å². The van der Waals surface area contributed by atoms with Crippen molar-refractivity contribution in [2.45, 2.75) is 5.92 Å². The van der Waals surface area contributed by atoms with Crippen molar-refractivity contribution in [1.29, 1.82) is 0 Å². The highest BCUT2D eigenvalue weighted by molar-refractivity contribution is 6.14.